The van der Waals surface area contributed by atoms with Crippen molar-refractivity contribution in [2.45, 2.75) is 25.4 Å². The van der Waals surface area contributed by atoms with Gasteiger partial charge >= 0.3 is 6.01 Å². The molecule has 0 amide bonds. The second-order valence-electron chi connectivity index (χ2n) is 3.74. The Bertz CT molecular complexity index is 470. The third kappa shape index (κ3) is 1.55. The molecule has 3 rings (SSSR count). The van der Waals surface area contributed by atoms with Crippen LogP contribution in [0.5, 0.6) is 0 Å². The van der Waals surface area contributed by atoms with Gasteiger partial charge < -0.3 is 9.52 Å². The van der Waals surface area contributed by atoms with Gasteiger partial charge in [-0.1, -0.05) is 0 Å². The predicted molar refractivity (Wildman–Crippen MR) is 51.5 cm³/mol. The zero-order chi connectivity index (χ0) is 10.3. The highest BCUT2D eigenvalue weighted by Gasteiger charge is 2.26. The Morgan fingerprint density at radius 2 is 2.40 bits per heavy atom. The largest absolute Gasteiger partial charge is 0.430 e. The molecule has 1 aliphatic carbocycles. The Hall–Kier alpha value is -1.62. The lowest BCUT2D eigenvalue weighted by Crippen LogP contribution is -1.96. The SMILES string of the molecule is OCc1coc(-n2ccc(C3CC3)n2)n1. The fourth-order valence-corrected chi connectivity index (χ4v) is 1.52. The molecule has 78 valence electrons. The quantitative estimate of drug-likeness (QED) is 0.818. The van der Waals surface area contributed by atoms with Gasteiger partial charge in [-0.3, -0.25) is 0 Å². The van der Waals surface area contributed by atoms with E-state index in [9.17, 15) is 0 Å². The van der Waals surface area contributed by atoms with Crippen molar-refractivity contribution in [3.05, 3.63) is 29.9 Å². The summed E-state index contributed by atoms with van der Waals surface area (Å²) in [6.07, 6.45) is 5.73. The first-order valence-corrected chi connectivity index (χ1v) is 4.98. The van der Waals surface area contributed by atoms with Gasteiger partial charge in [0.25, 0.3) is 0 Å². The van der Waals surface area contributed by atoms with Gasteiger partial charge in [-0.15, -0.1) is 0 Å². The van der Waals surface area contributed by atoms with Crippen LogP contribution < -0.4 is 0 Å². The van der Waals surface area contributed by atoms with E-state index in [1.807, 2.05) is 12.3 Å². The van der Waals surface area contributed by atoms with Crippen molar-refractivity contribution in [3.63, 3.8) is 0 Å². The van der Waals surface area contributed by atoms with Crippen LogP contribution in [-0.2, 0) is 6.61 Å². The monoisotopic (exact) mass is 205 g/mol. The summed E-state index contributed by atoms with van der Waals surface area (Å²) in [5.74, 6) is 0.624. The number of rotatable bonds is 3. The molecule has 0 radical (unpaired) electrons. The number of aliphatic hydroxyl groups is 1. The Labute approximate surface area is 86.4 Å². The van der Waals surface area contributed by atoms with E-state index in [0.717, 1.165) is 5.69 Å². The Balaban J connectivity index is 1.90. The first-order valence-electron chi connectivity index (χ1n) is 4.98. The minimum atomic E-state index is -0.111. The molecule has 1 aliphatic rings. The number of nitrogens with zero attached hydrogens (tertiary/aromatic N) is 3. The predicted octanol–water partition coefficient (Wildman–Crippen LogP) is 1.23. The number of aromatic nitrogens is 3. The zero-order valence-corrected chi connectivity index (χ0v) is 8.13. The summed E-state index contributed by atoms with van der Waals surface area (Å²) in [6, 6.07) is 2.39. The van der Waals surface area contributed by atoms with E-state index in [-0.39, 0.29) is 6.61 Å². The Morgan fingerprint density at radius 1 is 1.53 bits per heavy atom. The van der Waals surface area contributed by atoms with Crippen molar-refractivity contribution in [1.29, 1.82) is 0 Å². The summed E-state index contributed by atoms with van der Waals surface area (Å²) in [5.41, 5.74) is 1.62. The van der Waals surface area contributed by atoms with Crippen molar-refractivity contribution in [2.75, 3.05) is 0 Å². The maximum absolute atomic E-state index is 8.85. The molecular formula is C10H11N3O2. The van der Waals surface area contributed by atoms with Crippen LogP contribution in [0.4, 0.5) is 0 Å². The van der Waals surface area contributed by atoms with Crippen LogP contribution >= 0.6 is 0 Å². The highest BCUT2D eigenvalue weighted by Crippen LogP contribution is 2.38. The normalized spacial score (nSPS) is 15.8. The summed E-state index contributed by atoms with van der Waals surface area (Å²) in [5, 5.41) is 13.2. The van der Waals surface area contributed by atoms with E-state index in [2.05, 4.69) is 10.1 Å². The number of aliphatic hydroxyl groups excluding tert-OH is 1. The van der Waals surface area contributed by atoms with E-state index in [0.29, 0.717) is 17.6 Å². The molecule has 0 atom stereocenters. The number of hydrogen-bond acceptors (Lipinski definition) is 4. The third-order valence-electron chi connectivity index (χ3n) is 2.50. The first-order chi connectivity index (χ1) is 7.36. The highest BCUT2D eigenvalue weighted by atomic mass is 16.4. The Kier molecular flexibility index (Phi) is 1.85. The van der Waals surface area contributed by atoms with Crippen LogP contribution in [-0.4, -0.2) is 19.9 Å². The lowest BCUT2D eigenvalue weighted by molar-refractivity contribution is 0.276. The van der Waals surface area contributed by atoms with Gasteiger partial charge in [0.2, 0.25) is 0 Å². The molecule has 0 saturated heterocycles. The van der Waals surface area contributed by atoms with Gasteiger partial charge in [0, 0.05) is 12.1 Å². The molecule has 15 heavy (non-hydrogen) atoms. The maximum atomic E-state index is 8.85. The molecule has 2 heterocycles. The van der Waals surface area contributed by atoms with Gasteiger partial charge in [0.1, 0.15) is 12.0 Å². The fourth-order valence-electron chi connectivity index (χ4n) is 1.52. The maximum Gasteiger partial charge on any atom is 0.322 e. The van der Waals surface area contributed by atoms with Gasteiger partial charge in [-0.05, 0) is 18.9 Å². The first kappa shape index (κ1) is 8.67. The lowest BCUT2D eigenvalue weighted by Gasteiger charge is -1.92. The van der Waals surface area contributed by atoms with E-state index in [1.165, 1.54) is 19.1 Å². The van der Waals surface area contributed by atoms with Crippen molar-refractivity contribution >= 4 is 0 Å². The lowest BCUT2D eigenvalue weighted by atomic mass is 10.3. The second kappa shape index (κ2) is 3.20. The topological polar surface area (TPSA) is 64.1 Å². The molecule has 2 aromatic heterocycles. The molecular weight excluding hydrogens is 194 g/mol. The van der Waals surface area contributed by atoms with Crippen LogP contribution in [0.2, 0.25) is 0 Å². The van der Waals surface area contributed by atoms with Crippen molar-refractivity contribution in [1.82, 2.24) is 14.8 Å². The standard InChI is InChI=1S/C10H11N3O2/c14-5-8-6-15-10(11-8)13-4-3-9(12-13)7-1-2-7/h3-4,6-7,14H,1-2,5H2. The fraction of sp³-hybridized carbons (Fsp3) is 0.400. The van der Waals surface area contributed by atoms with Crippen molar-refractivity contribution < 1.29 is 9.52 Å². The van der Waals surface area contributed by atoms with Gasteiger partial charge in [-0.2, -0.15) is 14.8 Å². The second-order valence-corrected chi connectivity index (χ2v) is 3.74. The van der Waals surface area contributed by atoms with Crippen LogP contribution in [0.3, 0.4) is 0 Å². The highest BCUT2D eigenvalue weighted by molar-refractivity contribution is 5.17. The molecule has 2 aromatic rings. The molecule has 1 fully saturated rings. The van der Waals surface area contributed by atoms with Crippen LogP contribution in [0.25, 0.3) is 6.01 Å². The molecule has 0 unspecified atom stereocenters. The average molecular weight is 205 g/mol. The van der Waals surface area contributed by atoms with Gasteiger partial charge in [0.15, 0.2) is 0 Å². The van der Waals surface area contributed by atoms with Crippen molar-refractivity contribution in [3.8, 4) is 6.01 Å². The smallest absolute Gasteiger partial charge is 0.322 e. The van der Waals surface area contributed by atoms with Crippen LogP contribution in [0.15, 0.2) is 22.9 Å². The van der Waals surface area contributed by atoms with E-state index in [4.69, 9.17) is 9.52 Å². The molecule has 1 saturated carbocycles. The minimum absolute atomic E-state index is 0.111. The van der Waals surface area contributed by atoms with Gasteiger partial charge in [0.05, 0.1) is 12.3 Å². The van der Waals surface area contributed by atoms with E-state index in [1.54, 1.807) is 4.68 Å². The van der Waals surface area contributed by atoms with Crippen molar-refractivity contribution in [2.24, 2.45) is 0 Å². The average Bonchev–Trinajstić information content (AvgIpc) is 2.84. The molecule has 1 N–H and O–H groups in total. The summed E-state index contributed by atoms with van der Waals surface area (Å²) in [7, 11) is 0. The van der Waals surface area contributed by atoms with Gasteiger partial charge in [-0.25, -0.2) is 0 Å². The van der Waals surface area contributed by atoms with E-state index < -0.39 is 0 Å². The summed E-state index contributed by atoms with van der Waals surface area (Å²) >= 11 is 0. The summed E-state index contributed by atoms with van der Waals surface area (Å²) < 4.78 is 6.79. The molecule has 0 aliphatic heterocycles. The third-order valence-corrected chi connectivity index (χ3v) is 2.50. The molecule has 5 nitrogen and oxygen atoms in total. The summed E-state index contributed by atoms with van der Waals surface area (Å²) in [4.78, 5) is 4.08. The Morgan fingerprint density at radius 3 is 3.07 bits per heavy atom. The van der Waals surface area contributed by atoms with Crippen LogP contribution in [0.1, 0.15) is 30.1 Å². The molecule has 0 bridgehead atoms. The minimum Gasteiger partial charge on any atom is -0.430 e. The molecule has 0 aromatic carbocycles. The van der Waals surface area contributed by atoms with E-state index >= 15 is 0 Å². The zero-order valence-electron chi connectivity index (χ0n) is 8.13. The number of oxazole rings is 1. The molecule has 0 spiro atoms. The summed E-state index contributed by atoms with van der Waals surface area (Å²) in [6.45, 7) is -0.111. The number of hydrogen-bond donors (Lipinski definition) is 1. The van der Waals surface area contributed by atoms with Crippen LogP contribution in [0, 0.1) is 0 Å². The molecule has 5 heteroatoms.